The first-order valence-corrected chi connectivity index (χ1v) is 23.1. The fraction of sp³-hybridized carbons (Fsp3) is 0.824. The second-order valence-corrected chi connectivity index (χ2v) is 26.9. The fourth-order valence-electron chi connectivity index (χ4n) is 7.09. The highest BCUT2D eigenvalue weighted by molar-refractivity contribution is 14.1. The van der Waals surface area contributed by atoms with E-state index >= 15 is 0 Å². The van der Waals surface area contributed by atoms with E-state index in [1.54, 1.807) is 5.57 Å². The number of hydrogen-bond donors (Lipinski definition) is 0. The summed E-state index contributed by atoms with van der Waals surface area (Å²) >= 11 is 2.61. The van der Waals surface area contributed by atoms with Gasteiger partial charge in [-0.15, -0.1) is 0 Å². The highest BCUT2D eigenvalue weighted by Crippen LogP contribution is 2.59. The lowest BCUT2D eigenvalue weighted by atomic mass is 9.61. The molecule has 0 heterocycles. The molecule has 3 saturated carbocycles. The maximum atomic E-state index is 7.06. The Kier molecular flexibility index (Phi) is 10.5. The third-order valence-electron chi connectivity index (χ3n) is 11.7. The van der Waals surface area contributed by atoms with Crippen LogP contribution in [0.2, 0.25) is 36.3 Å². The van der Waals surface area contributed by atoms with Gasteiger partial charge in [0, 0.05) is 10.8 Å². The van der Waals surface area contributed by atoms with E-state index in [-0.39, 0.29) is 22.3 Å². The molecule has 6 atom stereocenters. The van der Waals surface area contributed by atoms with Crippen LogP contribution in [0.25, 0.3) is 0 Å². The number of rotatable bonds is 7. The predicted molar refractivity (Wildman–Crippen MR) is 185 cm³/mol. The number of alkyl halides is 1. The number of halogens is 1. The zero-order valence-corrected chi connectivity index (χ0v) is 31.8. The Hall–Kier alpha value is 0.304. The first-order chi connectivity index (χ1) is 17.7. The molecule has 0 aliphatic heterocycles. The molecular formula is C34H61IO2Si2. The summed E-state index contributed by atoms with van der Waals surface area (Å²) in [6.45, 7) is 33.4. The van der Waals surface area contributed by atoms with E-state index in [0.717, 1.165) is 30.6 Å². The number of hydrogen-bond acceptors (Lipinski definition) is 2. The SMILES string of the molecule is C=C1/C(=C\C=C2/CCC[C@]3(C)[C@@H]([C@H](C)CI)CC[C@@H]23)C[C@@H](O[Si](C)(C)C(C)(C)C)C[C@@H]1O[Si](C)(C)C(C)(C)C. The van der Waals surface area contributed by atoms with Crippen LogP contribution in [0.3, 0.4) is 0 Å². The molecule has 0 aromatic rings. The van der Waals surface area contributed by atoms with Crippen LogP contribution in [-0.2, 0) is 8.85 Å². The van der Waals surface area contributed by atoms with Crippen LogP contribution in [0.5, 0.6) is 0 Å². The van der Waals surface area contributed by atoms with Gasteiger partial charge in [0.05, 0.1) is 12.2 Å². The lowest BCUT2D eigenvalue weighted by Crippen LogP contribution is -2.49. The van der Waals surface area contributed by atoms with Gasteiger partial charge in [0.15, 0.2) is 16.6 Å². The fourth-order valence-corrected chi connectivity index (χ4v) is 10.4. The monoisotopic (exact) mass is 684 g/mol. The van der Waals surface area contributed by atoms with Crippen molar-refractivity contribution >= 4 is 39.2 Å². The Balaban J connectivity index is 1.93. The van der Waals surface area contributed by atoms with Gasteiger partial charge in [0.2, 0.25) is 0 Å². The summed E-state index contributed by atoms with van der Waals surface area (Å²) in [4.78, 5) is 0. The van der Waals surface area contributed by atoms with Gasteiger partial charge in [-0.2, -0.15) is 0 Å². The first-order valence-electron chi connectivity index (χ1n) is 15.7. The second kappa shape index (κ2) is 12.1. The summed E-state index contributed by atoms with van der Waals surface area (Å²) in [6, 6.07) is 0. The third-order valence-corrected chi connectivity index (χ3v) is 22.1. The Bertz CT molecular complexity index is 951. The van der Waals surface area contributed by atoms with Crippen molar-refractivity contribution in [2.24, 2.45) is 23.2 Å². The van der Waals surface area contributed by atoms with Crippen molar-refractivity contribution in [3.63, 3.8) is 0 Å². The number of allylic oxidation sites excluding steroid dienone is 3. The van der Waals surface area contributed by atoms with Gasteiger partial charge in [-0.3, -0.25) is 0 Å². The van der Waals surface area contributed by atoms with Crippen molar-refractivity contribution in [2.45, 2.75) is 149 Å². The topological polar surface area (TPSA) is 18.5 Å². The minimum absolute atomic E-state index is 0.0519. The van der Waals surface area contributed by atoms with Crippen LogP contribution in [-0.4, -0.2) is 33.3 Å². The maximum Gasteiger partial charge on any atom is 0.192 e. The van der Waals surface area contributed by atoms with Crippen LogP contribution >= 0.6 is 22.6 Å². The molecule has 3 rings (SSSR count). The van der Waals surface area contributed by atoms with Gasteiger partial charge in [-0.1, -0.05) is 102 Å². The van der Waals surface area contributed by atoms with Crippen molar-refractivity contribution in [2.75, 3.05) is 4.43 Å². The highest BCUT2D eigenvalue weighted by atomic mass is 127. The van der Waals surface area contributed by atoms with Crippen molar-refractivity contribution in [1.29, 1.82) is 0 Å². The third kappa shape index (κ3) is 7.27. The van der Waals surface area contributed by atoms with E-state index in [0.29, 0.717) is 5.41 Å². The van der Waals surface area contributed by atoms with Crippen LogP contribution in [0, 0.1) is 23.2 Å². The van der Waals surface area contributed by atoms with E-state index in [4.69, 9.17) is 8.85 Å². The van der Waals surface area contributed by atoms with Crippen LogP contribution in [0.1, 0.15) is 100 Å². The molecule has 224 valence electrons. The molecule has 5 heteroatoms. The minimum Gasteiger partial charge on any atom is -0.413 e. The van der Waals surface area contributed by atoms with Crippen LogP contribution < -0.4 is 0 Å². The average Bonchev–Trinajstić information content (AvgIpc) is 3.15. The molecule has 0 amide bonds. The molecule has 0 spiro atoms. The van der Waals surface area contributed by atoms with Gasteiger partial charge >= 0.3 is 0 Å². The Morgan fingerprint density at radius 1 is 1.00 bits per heavy atom. The predicted octanol–water partition coefficient (Wildman–Crippen LogP) is 11.3. The molecule has 0 bridgehead atoms. The number of fused-ring (bicyclic) bond motifs is 1. The largest absolute Gasteiger partial charge is 0.413 e. The summed E-state index contributed by atoms with van der Waals surface area (Å²) in [6.07, 6.45) is 13.9. The molecule has 0 aromatic heterocycles. The van der Waals surface area contributed by atoms with Crippen molar-refractivity contribution in [3.8, 4) is 0 Å². The van der Waals surface area contributed by atoms with Crippen LogP contribution in [0.15, 0.2) is 35.5 Å². The first kappa shape index (κ1) is 33.8. The lowest BCUT2D eigenvalue weighted by Gasteiger charge is -2.45. The molecule has 0 unspecified atom stereocenters. The molecule has 39 heavy (non-hydrogen) atoms. The summed E-state index contributed by atoms with van der Waals surface area (Å²) in [5.41, 5.74) is 4.73. The standard InChI is InChI=1S/C34H61IO2Si2/c1-24(23-35)29-18-19-30-26(15-14-20-34(29,30)9)16-17-27-21-28(36-38(10,11)32(3,4)5)22-31(25(27)2)37-39(12,13)33(6,7)8/h16-17,24,28-31H,2,14-15,18-23H2,1,3-13H3/b26-16+,27-17-/t24-,28-,29-,30+,31+,34-/m1/s1. The molecule has 3 fully saturated rings. The Morgan fingerprint density at radius 3 is 2.15 bits per heavy atom. The quantitative estimate of drug-likeness (QED) is 0.151. The maximum absolute atomic E-state index is 7.06. The smallest absolute Gasteiger partial charge is 0.192 e. The zero-order chi connectivity index (χ0) is 29.6. The van der Waals surface area contributed by atoms with E-state index in [1.807, 2.05) is 0 Å². The summed E-state index contributed by atoms with van der Waals surface area (Å²) < 4.78 is 15.4. The van der Waals surface area contributed by atoms with E-state index < -0.39 is 16.6 Å². The molecule has 0 radical (unpaired) electrons. The van der Waals surface area contributed by atoms with Gasteiger partial charge in [0.1, 0.15) is 0 Å². The molecular weight excluding hydrogens is 623 g/mol. The zero-order valence-electron chi connectivity index (χ0n) is 27.6. The van der Waals surface area contributed by atoms with Crippen molar-refractivity contribution in [1.82, 2.24) is 0 Å². The van der Waals surface area contributed by atoms with Gasteiger partial charge < -0.3 is 8.85 Å². The lowest BCUT2D eigenvalue weighted by molar-refractivity contribution is 0.0969. The second-order valence-electron chi connectivity index (χ2n) is 16.5. The molecule has 3 aliphatic rings. The normalized spacial score (nSPS) is 34.0. The molecule has 0 aromatic carbocycles. The molecule has 0 saturated heterocycles. The Labute approximate surface area is 258 Å². The summed E-state index contributed by atoms with van der Waals surface area (Å²) in [5, 5.41) is 0.372. The average molecular weight is 685 g/mol. The minimum atomic E-state index is -1.94. The van der Waals surface area contributed by atoms with E-state index in [2.05, 4.69) is 123 Å². The highest BCUT2D eigenvalue weighted by Gasteiger charge is 2.50. The van der Waals surface area contributed by atoms with Gasteiger partial charge in [0.25, 0.3) is 0 Å². The van der Waals surface area contributed by atoms with E-state index in [9.17, 15) is 0 Å². The Morgan fingerprint density at radius 2 is 1.59 bits per heavy atom. The van der Waals surface area contributed by atoms with Gasteiger partial charge in [-0.25, -0.2) is 0 Å². The van der Waals surface area contributed by atoms with Gasteiger partial charge in [-0.05, 0) is 109 Å². The van der Waals surface area contributed by atoms with E-state index in [1.165, 1.54) is 47.7 Å². The molecule has 2 nitrogen and oxygen atoms in total. The molecule has 0 N–H and O–H groups in total. The molecule has 3 aliphatic carbocycles. The summed E-state index contributed by atoms with van der Waals surface area (Å²) in [7, 11) is -3.83. The van der Waals surface area contributed by atoms with Crippen LogP contribution in [0.4, 0.5) is 0 Å². The van der Waals surface area contributed by atoms with Crippen molar-refractivity contribution in [3.05, 3.63) is 35.5 Å². The summed E-state index contributed by atoms with van der Waals surface area (Å²) in [5.74, 6) is 2.43. The van der Waals surface area contributed by atoms with Crippen molar-refractivity contribution < 1.29 is 8.85 Å².